The third-order valence-corrected chi connectivity index (χ3v) is 6.32. The molecule has 162 valence electrons. The van der Waals surface area contributed by atoms with Crippen LogP contribution in [0.2, 0.25) is 0 Å². The van der Waals surface area contributed by atoms with E-state index in [0.29, 0.717) is 5.75 Å². The van der Waals surface area contributed by atoms with Gasteiger partial charge >= 0.3 is 0 Å². The van der Waals surface area contributed by atoms with Gasteiger partial charge in [0.1, 0.15) is 11.6 Å². The molecule has 5 rings (SSSR count). The molecule has 32 heavy (non-hydrogen) atoms. The molecular formula is C27H28N4O. The molecule has 1 saturated heterocycles. The van der Waals surface area contributed by atoms with Crippen molar-refractivity contribution in [3.63, 3.8) is 0 Å². The number of rotatable bonds is 3. The molecule has 1 aliphatic rings. The maximum atomic E-state index is 10.1. The summed E-state index contributed by atoms with van der Waals surface area (Å²) in [5.74, 6) is 1.29. The highest BCUT2D eigenvalue weighted by molar-refractivity contribution is 5.82. The predicted octanol–water partition coefficient (Wildman–Crippen LogP) is 5.25. The van der Waals surface area contributed by atoms with Gasteiger partial charge in [-0.2, -0.15) is 0 Å². The molecule has 1 aliphatic heterocycles. The molecule has 0 radical (unpaired) electrons. The van der Waals surface area contributed by atoms with Crippen LogP contribution in [0, 0.1) is 20.8 Å². The van der Waals surface area contributed by atoms with Crippen LogP contribution in [0.3, 0.4) is 0 Å². The van der Waals surface area contributed by atoms with Gasteiger partial charge in [-0.1, -0.05) is 18.2 Å². The Balaban J connectivity index is 1.39. The average Bonchev–Trinajstić information content (AvgIpc) is 2.81. The molecule has 0 saturated carbocycles. The summed E-state index contributed by atoms with van der Waals surface area (Å²) in [6.45, 7) is 9.78. The summed E-state index contributed by atoms with van der Waals surface area (Å²) in [5.41, 5.74) is 8.29. The molecule has 0 unspecified atom stereocenters. The van der Waals surface area contributed by atoms with Crippen LogP contribution >= 0.6 is 0 Å². The Kier molecular flexibility index (Phi) is 5.17. The summed E-state index contributed by atoms with van der Waals surface area (Å²) >= 11 is 0. The summed E-state index contributed by atoms with van der Waals surface area (Å²) in [5, 5.41) is 10.1. The number of fused-ring (bicyclic) bond motifs is 1. The smallest absolute Gasteiger partial charge is 0.147 e. The van der Waals surface area contributed by atoms with E-state index in [0.717, 1.165) is 65.3 Å². The summed E-state index contributed by atoms with van der Waals surface area (Å²) in [7, 11) is 0. The van der Waals surface area contributed by atoms with Crippen molar-refractivity contribution in [2.45, 2.75) is 20.8 Å². The zero-order valence-corrected chi connectivity index (χ0v) is 18.8. The highest BCUT2D eigenvalue weighted by atomic mass is 16.3. The van der Waals surface area contributed by atoms with Crippen molar-refractivity contribution in [3.8, 4) is 16.9 Å². The van der Waals surface area contributed by atoms with Crippen LogP contribution in [0.25, 0.3) is 22.2 Å². The van der Waals surface area contributed by atoms with Gasteiger partial charge in [0.05, 0.1) is 17.2 Å². The largest absolute Gasteiger partial charge is 0.507 e. The molecule has 0 aliphatic carbocycles. The summed E-state index contributed by atoms with van der Waals surface area (Å²) < 4.78 is 0. The minimum absolute atomic E-state index is 0.362. The maximum absolute atomic E-state index is 10.1. The molecular weight excluding hydrogens is 396 g/mol. The summed E-state index contributed by atoms with van der Waals surface area (Å²) in [6.07, 6.45) is 1.89. The number of hydrogen-bond donors (Lipinski definition) is 1. The van der Waals surface area contributed by atoms with Gasteiger partial charge in [0, 0.05) is 31.9 Å². The molecule has 1 fully saturated rings. The monoisotopic (exact) mass is 424 g/mol. The Morgan fingerprint density at radius 3 is 2.19 bits per heavy atom. The number of piperazine rings is 1. The van der Waals surface area contributed by atoms with Gasteiger partial charge in [-0.05, 0) is 85.0 Å². The number of phenols is 1. The van der Waals surface area contributed by atoms with Crippen molar-refractivity contribution < 1.29 is 5.11 Å². The van der Waals surface area contributed by atoms with E-state index in [4.69, 9.17) is 4.98 Å². The minimum atomic E-state index is 0.362. The van der Waals surface area contributed by atoms with Crippen LogP contribution < -0.4 is 9.80 Å². The molecule has 4 aromatic rings. The van der Waals surface area contributed by atoms with E-state index in [-0.39, 0.29) is 0 Å². The third kappa shape index (κ3) is 3.86. The molecule has 1 aromatic heterocycles. The average molecular weight is 425 g/mol. The standard InChI is InChI=1S/C27H28N4O/c1-18-5-4-6-23(13-18)30-9-11-31(12-10-30)26-17-28-24-8-7-21(16-25(24)29-26)22-14-19(2)27(32)20(3)15-22/h4-8,13-17,32H,9-12H2,1-3H3. The fourth-order valence-corrected chi connectivity index (χ4v) is 4.47. The second-order valence-corrected chi connectivity index (χ2v) is 8.70. The van der Waals surface area contributed by atoms with Crippen molar-refractivity contribution in [2.75, 3.05) is 36.0 Å². The lowest BCUT2D eigenvalue weighted by Gasteiger charge is -2.36. The van der Waals surface area contributed by atoms with Gasteiger partial charge in [0.2, 0.25) is 0 Å². The predicted molar refractivity (Wildman–Crippen MR) is 132 cm³/mol. The topological polar surface area (TPSA) is 52.5 Å². The Bertz CT molecular complexity index is 1270. The Morgan fingerprint density at radius 1 is 0.750 bits per heavy atom. The molecule has 0 atom stereocenters. The van der Waals surface area contributed by atoms with Crippen LogP contribution in [0.1, 0.15) is 16.7 Å². The third-order valence-electron chi connectivity index (χ3n) is 6.32. The van der Waals surface area contributed by atoms with Gasteiger partial charge in [0.25, 0.3) is 0 Å². The fourth-order valence-electron chi connectivity index (χ4n) is 4.47. The number of aromatic hydroxyl groups is 1. The van der Waals surface area contributed by atoms with Gasteiger partial charge in [0.15, 0.2) is 0 Å². The number of benzene rings is 3. The number of nitrogens with zero attached hydrogens (tertiary/aromatic N) is 4. The first kappa shape index (κ1) is 20.3. The Hall–Kier alpha value is -3.60. The van der Waals surface area contributed by atoms with Gasteiger partial charge < -0.3 is 14.9 Å². The number of hydrogen-bond acceptors (Lipinski definition) is 5. The SMILES string of the molecule is Cc1cccc(N2CCN(c3cnc4ccc(-c5cc(C)c(O)c(C)c5)cc4n3)CC2)c1. The van der Waals surface area contributed by atoms with Crippen LogP contribution in [0.4, 0.5) is 11.5 Å². The van der Waals surface area contributed by atoms with E-state index >= 15 is 0 Å². The van der Waals surface area contributed by atoms with E-state index in [1.165, 1.54) is 11.3 Å². The van der Waals surface area contributed by atoms with Crippen molar-refractivity contribution >= 4 is 22.5 Å². The van der Waals surface area contributed by atoms with Crippen molar-refractivity contribution in [2.24, 2.45) is 0 Å². The first-order valence-electron chi connectivity index (χ1n) is 11.1. The molecule has 5 nitrogen and oxygen atoms in total. The van der Waals surface area contributed by atoms with Crippen molar-refractivity contribution in [1.82, 2.24) is 9.97 Å². The highest BCUT2D eigenvalue weighted by Crippen LogP contribution is 2.31. The number of aryl methyl sites for hydroxylation is 3. The van der Waals surface area contributed by atoms with Crippen LogP contribution in [0.15, 0.2) is 60.8 Å². The summed E-state index contributed by atoms with van der Waals surface area (Å²) in [4.78, 5) is 14.4. The van der Waals surface area contributed by atoms with E-state index in [9.17, 15) is 5.11 Å². The first-order chi connectivity index (χ1) is 15.5. The minimum Gasteiger partial charge on any atom is -0.507 e. The zero-order chi connectivity index (χ0) is 22.2. The number of aromatic nitrogens is 2. The van der Waals surface area contributed by atoms with Crippen LogP contribution in [0.5, 0.6) is 5.75 Å². The molecule has 2 heterocycles. The fraction of sp³-hybridized carbons (Fsp3) is 0.259. The van der Waals surface area contributed by atoms with E-state index < -0.39 is 0 Å². The van der Waals surface area contributed by atoms with Crippen molar-refractivity contribution in [3.05, 3.63) is 77.5 Å². The lowest BCUT2D eigenvalue weighted by atomic mass is 9.99. The van der Waals surface area contributed by atoms with E-state index in [2.05, 4.69) is 58.1 Å². The zero-order valence-electron chi connectivity index (χ0n) is 18.8. The highest BCUT2D eigenvalue weighted by Gasteiger charge is 2.19. The van der Waals surface area contributed by atoms with Crippen LogP contribution in [-0.2, 0) is 0 Å². The maximum Gasteiger partial charge on any atom is 0.147 e. The van der Waals surface area contributed by atoms with Gasteiger partial charge in [-0.15, -0.1) is 0 Å². The lowest BCUT2D eigenvalue weighted by molar-refractivity contribution is 0.467. The number of anilines is 2. The van der Waals surface area contributed by atoms with Crippen molar-refractivity contribution in [1.29, 1.82) is 0 Å². The molecule has 1 N–H and O–H groups in total. The molecule has 0 amide bonds. The van der Waals surface area contributed by atoms with E-state index in [1.54, 1.807) is 0 Å². The van der Waals surface area contributed by atoms with Gasteiger partial charge in [-0.3, -0.25) is 4.98 Å². The Labute approximate surface area is 189 Å². The Morgan fingerprint density at radius 2 is 1.47 bits per heavy atom. The lowest BCUT2D eigenvalue weighted by Crippen LogP contribution is -2.46. The van der Waals surface area contributed by atoms with E-state index in [1.807, 2.05) is 38.2 Å². The second kappa shape index (κ2) is 8.15. The van der Waals surface area contributed by atoms with Crippen LogP contribution in [-0.4, -0.2) is 41.3 Å². The molecule has 0 spiro atoms. The first-order valence-corrected chi connectivity index (χ1v) is 11.1. The second-order valence-electron chi connectivity index (χ2n) is 8.70. The number of phenolic OH excluding ortho intramolecular Hbond substituents is 1. The summed E-state index contributed by atoms with van der Waals surface area (Å²) in [6, 6.07) is 18.9. The quantitative estimate of drug-likeness (QED) is 0.487. The normalized spacial score (nSPS) is 14.2. The molecule has 3 aromatic carbocycles. The molecule has 0 bridgehead atoms. The van der Waals surface area contributed by atoms with Gasteiger partial charge in [-0.25, -0.2) is 4.98 Å². The molecule has 5 heteroatoms.